The highest BCUT2D eigenvalue weighted by molar-refractivity contribution is 7.16. The van der Waals surface area contributed by atoms with Crippen LogP contribution in [0.15, 0.2) is 52.9 Å². The zero-order valence-corrected chi connectivity index (χ0v) is 18.6. The van der Waals surface area contributed by atoms with Crippen molar-refractivity contribution in [3.63, 3.8) is 0 Å². The third kappa shape index (κ3) is 3.43. The Kier molecular flexibility index (Phi) is 4.75. The van der Waals surface area contributed by atoms with E-state index in [9.17, 15) is 9.90 Å². The molecule has 0 spiro atoms. The van der Waals surface area contributed by atoms with Crippen LogP contribution < -0.4 is 10.9 Å². The number of anilines is 2. The Morgan fingerprint density at radius 2 is 2.00 bits per heavy atom. The molecular weight excluding hydrogens is 426 g/mol. The molecule has 0 bridgehead atoms. The maximum absolute atomic E-state index is 13.0. The smallest absolute Gasteiger partial charge is 0.278 e. The van der Waals surface area contributed by atoms with Crippen molar-refractivity contribution in [2.75, 3.05) is 5.32 Å². The molecule has 9 nitrogen and oxygen atoms in total. The minimum atomic E-state index is -1.12. The van der Waals surface area contributed by atoms with Crippen LogP contribution in [0.2, 0.25) is 0 Å². The van der Waals surface area contributed by atoms with Gasteiger partial charge in [-0.1, -0.05) is 6.07 Å². The lowest BCUT2D eigenvalue weighted by Gasteiger charge is -2.18. The zero-order valence-electron chi connectivity index (χ0n) is 17.8. The summed E-state index contributed by atoms with van der Waals surface area (Å²) in [5, 5.41) is 14.0. The van der Waals surface area contributed by atoms with E-state index in [1.807, 2.05) is 25.1 Å². The van der Waals surface area contributed by atoms with Crippen LogP contribution in [0.25, 0.3) is 27.1 Å². The summed E-state index contributed by atoms with van der Waals surface area (Å²) in [5.41, 5.74) is 3.11. The van der Waals surface area contributed by atoms with Crippen LogP contribution in [0, 0.1) is 0 Å². The summed E-state index contributed by atoms with van der Waals surface area (Å²) >= 11 is 1.58. The Bertz CT molecular complexity index is 1510. The number of fused-ring (bicyclic) bond motifs is 2. The average Bonchev–Trinajstić information content (AvgIpc) is 3.34. The fraction of sp³-hybridized carbons (Fsp3) is 0.227. The van der Waals surface area contributed by atoms with Gasteiger partial charge in [0.2, 0.25) is 5.95 Å². The van der Waals surface area contributed by atoms with Gasteiger partial charge in [0.15, 0.2) is 11.5 Å². The minimum Gasteiger partial charge on any atom is -0.384 e. The Morgan fingerprint density at radius 3 is 2.78 bits per heavy atom. The van der Waals surface area contributed by atoms with E-state index >= 15 is 0 Å². The first-order chi connectivity index (χ1) is 15.3. The molecule has 0 aliphatic heterocycles. The highest BCUT2D eigenvalue weighted by atomic mass is 32.1. The molecular formula is C22H21N7O2S. The number of hydrogen-bond acceptors (Lipinski definition) is 8. The standard InChI is InChI=1S/C22H21N7O2S/c1-4-28-20(30)14-11-23-21(25-13-8-9-16-15(10-13)24-12-32-16)27-19(14)29(28)18-7-5-6-17(26-18)22(2,3)31/h5-12,31H,4H2,1-3H3,(H,23,25,27). The lowest BCUT2D eigenvalue weighted by Crippen LogP contribution is -2.23. The second-order valence-corrected chi connectivity index (χ2v) is 8.75. The van der Waals surface area contributed by atoms with Crippen molar-refractivity contribution >= 4 is 44.2 Å². The highest BCUT2D eigenvalue weighted by Crippen LogP contribution is 2.24. The molecule has 10 heteroatoms. The maximum Gasteiger partial charge on any atom is 0.278 e. The molecule has 0 aliphatic carbocycles. The van der Waals surface area contributed by atoms with Crippen molar-refractivity contribution in [2.24, 2.45) is 0 Å². The summed E-state index contributed by atoms with van der Waals surface area (Å²) in [7, 11) is 0. The Balaban J connectivity index is 1.64. The summed E-state index contributed by atoms with van der Waals surface area (Å²) in [6.45, 7) is 5.64. The van der Waals surface area contributed by atoms with Gasteiger partial charge in [0, 0.05) is 18.4 Å². The molecule has 0 saturated heterocycles. The quantitative estimate of drug-likeness (QED) is 0.424. The molecule has 0 aliphatic rings. The number of aliphatic hydroxyl groups is 1. The molecule has 0 unspecified atom stereocenters. The van der Waals surface area contributed by atoms with Gasteiger partial charge in [-0.25, -0.2) is 24.3 Å². The molecule has 0 atom stereocenters. The molecule has 4 heterocycles. The van der Waals surface area contributed by atoms with Crippen LogP contribution in [0.5, 0.6) is 0 Å². The van der Waals surface area contributed by atoms with Crippen LogP contribution in [0.3, 0.4) is 0 Å². The van der Waals surface area contributed by atoms with E-state index in [1.54, 1.807) is 58.3 Å². The molecule has 1 aromatic carbocycles. The minimum absolute atomic E-state index is 0.201. The molecule has 0 amide bonds. The van der Waals surface area contributed by atoms with E-state index in [2.05, 4.69) is 25.3 Å². The van der Waals surface area contributed by atoms with Crippen molar-refractivity contribution in [3.05, 3.63) is 64.2 Å². The number of nitrogens with one attached hydrogen (secondary N) is 1. The van der Waals surface area contributed by atoms with E-state index in [-0.39, 0.29) is 5.56 Å². The van der Waals surface area contributed by atoms with Gasteiger partial charge in [0.1, 0.15) is 11.0 Å². The van der Waals surface area contributed by atoms with Gasteiger partial charge in [0.25, 0.3) is 5.56 Å². The van der Waals surface area contributed by atoms with Crippen LogP contribution in [-0.4, -0.2) is 34.4 Å². The van der Waals surface area contributed by atoms with Gasteiger partial charge < -0.3 is 10.4 Å². The van der Waals surface area contributed by atoms with Gasteiger partial charge in [-0.3, -0.25) is 4.79 Å². The summed E-state index contributed by atoms with van der Waals surface area (Å²) in [6, 6.07) is 11.2. The molecule has 2 N–H and O–H groups in total. The molecule has 0 saturated carbocycles. The number of nitrogens with zero attached hydrogens (tertiary/aromatic N) is 6. The molecule has 32 heavy (non-hydrogen) atoms. The van der Waals surface area contributed by atoms with E-state index in [4.69, 9.17) is 0 Å². The fourth-order valence-electron chi connectivity index (χ4n) is 3.55. The summed E-state index contributed by atoms with van der Waals surface area (Å²) < 4.78 is 4.32. The lowest BCUT2D eigenvalue weighted by molar-refractivity contribution is 0.0738. The van der Waals surface area contributed by atoms with Gasteiger partial charge >= 0.3 is 0 Å². The first-order valence-electron chi connectivity index (χ1n) is 10.1. The second kappa shape index (κ2) is 7.50. The third-order valence-corrected chi connectivity index (χ3v) is 5.95. The van der Waals surface area contributed by atoms with Crippen molar-refractivity contribution < 1.29 is 5.11 Å². The molecule has 5 aromatic rings. The van der Waals surface area contributed by atoms with Gasteiger partial charge in [-0.2, -0.15) is 4.98 Å². The predicted molar refractivity (Wildman–Crippen MR) is 125 cm³/mol. The van der Waals surface area contributed by atoms with E-state index < -0.39 is 5.60 Å². The van der Waals surface area contributed by atoms with Gasteiger partial charge in [0.05, 0.1) is 21.4 Å². The van der Waals surface area contributed by atoms with E-state index in [0.717, 1.165) is 15.9 Å². The Hall–Kier alpha value is -3.63. The normalized spacial score (nSPS) is 12.0. The Morgan fingerprint density at radius 1 is 1.16 bits per heavy atom. The van der Waals surface area contributed by atoms with E-state index in [1.165, 1.54) is 6.20 Å². The van der Waals surface area contributed by atoms with Crippen molar-refractivity contribution in [1.29, 1.82) is 0 Å². The molecule has 0 radical (unpaired) electrons. The van der Waals surface area contributed by atoms with Crippen molar-refractivity contribution in [1.82, 2.24) is 29.3 Å². The van der Waals surface area contributed by atoms with Crippen LogP contribution in [0.4, 0.5) is 11.6 Å². The number of benzene rings is 1. The highest BCUT2D eigenvalue weighted by Gasteiger charge is 2.21. The predicted octanol–water partition coefficient (Wildman–Crippen LogP) is 3.58. The molecule has 4 aromatic heterocycles. The number of aromatic nitrogens is 6. The topological polar surface area (TPSA) is 111 Å². The summed E-state index contributed by atoms with van der Waals surface area (Å²) in [6.07, 6.45) is 1.52. The summed E-state index contributed by atoms with van der Waals surface area (Å²) in [4.78, 5) is 30.9. The first-order valence-corrected chi connectivity index (χ1v) is 11.0. The van der Waals surface area contributed by atoms with Crippen molar-refractivity contribution in [2.45, 2.75) is 32.9 Å². The number of hydrogen-bond donors (Lipinski definition) is 2. The van der Waals surface area contributed by atoms with Gasteiger partial charge in [-0.05, 0) is 51.1 Å². The monoisotopic (exact) mass is 447 g/mol. The number of thiazole rings is 1. The largest absolute Gasteiger partial charge is 0.384 e. The van der Waals surface area contributed by atoms with Crippen LogP contribution >= 0.6 is 11.3 Å². The second-order valence-electron chi connectivity index (χ2n) is 7.86. The molecule has 0 fully saturated rings. The van der Waals surface area contributed by atoms with Crippen molar-refractivity contribution in [3.8, 4) is 5.82 Å². The SMILES string of the molecule is CCn1c(=O)c2cnc(Nc3ccc4scnc4c3)nc2n1-c1cccc(C(C)(C)O)n1. The lowest BCUT2D eigenvalue weighted by atomic mass is 10.1. The fourth-order valence-corrected chi connectivity index (χ4v) is 4.21. The maximum atomic E-state index is 13.0. The average molecular weight is 448 g/mol. The number of rotatable bonds is 5. The Labute approximate surface area is 187 Å². The third-order valence-electron chi connectivity index (χ3n) is 5.14. The van der Waals surface area contributed by atoms with Crippen LogP contribution in [0.1, 0.15) is 26.5 Å². The van der Waals surface area contributed by atoms with E-state index in [0.29, 0.717) is 35.0 Å². The van der Waals surface area contributed by atoms with Gasteiger partial charge in [-0.15, -0.1) is 11.3 Å². The molecule has 162 valence electrons. The first kappa shape index (κ1) is 20.3. The molecule has 5 rings (SSSR count). The summed E-state index contributed by atoms with van der Waals surface area (Å²) in [5.74, 6) is 0.847. The zero-order chi connectivity index (χ0) is 22.5. The van der Waals surface area contributed by atoms with Crippen LogP contribution in [-0.2, 0) is 12.1 Å². The number of pyridine rings is 1.